The fraction of sp³-hybridized carbons (Fsp3) is 0.308. The van der Waals surface area contributed by atoms with Gasteiger partial charge in [-0.1, -0.05) is 18.2 Å². The molecule has 1 aromatic heterocycles. The topological polar surface area (TPSA) is 96.9 Å². The molecule has 21 heavy (non-hydrogen) atoms. The molecule has 3 rings (SSSR count). The van der Waals surface area contributed by atoms with Crippen molar-refractivity contribution in [2.24, 2.45) is 0 Å². The van der Waals surface area contributed by atoms with Crippen LogP contribution in [0.5, 0.6) is 0 Å². The van der Waals surface area contributed by atoms with E-state index in [0.717, 1.165) is 5.69 Å². The molecule has 0 amide bonds. The molecule has 110 valence electrons. The van der Waals surface area contributed by atoms with E-state index in [0.29, 0.717) is 18.2 Å². The van der Waals surface area contributed by atoms with Crippen molar-refractivity contribution >= 4 is 27.3 Å². The standard InChI is InChI=1S/C13H15N5O2S/c19-21(20)7-6-11(9-21)16-13-17-12(8-14-18-13)15-10-4-2-1-3-5-10/h1-5,8,11H,6-7,9H2,(H2,15,16,17,18). The zero-order valence-electron chi connectivity index (χ0n) is 11.2. The molecule has 1 aromatic carbocycles. The molecule has 1 aliphatic rings. The number of benzene rings is 1. The molecule has 2 N–H and O–H groups in total. The van der Waals surface area contributed by atoms with Crippen LogP contribution < -0.4 is 10.6 Å². The summed E-state index contributed by atoms with van der Waals surface area (Å²) in [5.41, 5.74) is 0.896. The van der Waals surface area contributed by atoms with Crippen LogP contribution in [0.1, 0.15) is 6.42 Å². The maximum absolute atomic E-state index is 11.4. The molecule has 0 aliphatic carbocycles. The second kappa shape index (κ2) is 5.65. The molecule has 1 fully saturated rings. The minimum Gasteiger partial charge on any atom is -0.349 e. The molecule has 2 aromatic rings. The van der Waals surface area contributed by atoms with Crippen molar-refractivity contribution in [3.05, 3.63) is 36.5 Å². The Morgan fingerprint density at radius 2 is 2.00 bits per heavy atom. The van der Waals surface area contributed by atoms with Crippen molar-refractivity contribution in [3.63, 3.8) is 0 Å². The number of sulfone groups is 1. The van der Waals surface area contributed by atoms with Gasteiger partial charge in [0, 0.05) is 11.7 Å². The van der Waals surface area contributed by atoms with E-state index in [1.165, 1.54) is 6.20 Å². The molecule has 0 saturated carbocycles. The third kappa shape index (κ3) is 3.66. The van der Waals surface area contributed by atoms with Crippen LogP contribution in [0.4, 0.5) is 17.5 Å². The third-order valence-corrected chi connectivity index (χ3v) is 4.94. The highest BCUT2D eigenvalue weighted by atomic mass is 32.2. The van der Waals surface area contributed by atoms with Gasteiger partial charge in [-0.25, -0.2) is 8.42 Å². The van der Waals surface area contributed by atoms with Gasteiger partial charge in [0.1, 0.15) is 0 Å². The summed E-state index contributed by atoms with van der Waals surface area (Å²) >= 11 is 0. The third-order valence-electron chi connectivity index (χ3n) is 3.17. The molecule has 0 bridgehead atoms. The number of anilines is 3. The lowest BCUT2D eigenvalue weighted by molar-refractivity contribution is 0.602. The Hall–Kier alpha value is -2.22. The van der Waals surface area contributed by atoms with Gasteiger partial charge in [-0.15, -0.1) is 5.10 Å². The van der Waals surface area contributed by atoms with Gasteiger partial charge in [0.05, 0.1) is 17.7 Å². The first kappa shape index (κ1) is 13.7. The van der Waals surface area contributed by atoms with E-state index >= 15 is 0 Å². The van der Waals surface area contributed by atoms with Crippen molar-refractivity contribution < 1.29 is 8.42 Å². The summed E-state index contributed by atoms with van der Waals surface area (Å²) in [7, 11) is -2.93. The van der Waals surface area contributed by atoms with E-state index in [2.05, 4.69) is 25.8 Å². The van der Waals surface area contributed by atoms with Gasteiger partial charge >= 0.3 is 0 Å². The number of hydrogen-bond acceptors (Lipinski definition) is 7. The van der Waals surface area contributed by atoms with Gasteiger partial charge in [-0.05, 0) is 18.6 Å². The zero-order valence-corrected chi connectivity index (χ0v) is 12.0. The predicted octanol–water partition coefficient (Wildman–Crippen LogP) is 1.21. The van der Waals surface area contributed by atoms with E-state index in [9.17, 15) is 8.42 Å². The smallest absolute Gasteiger partial charge is 0.244 e. The lowest BCUT2D eigenvalue weighted by Crippen LogP contribution is -2.22. The normalized spacial score (nSPS) is 20.1. The second-order valence-electron chi connectivity index (χ2n) is 4.90. The zero-order chi connectivity index (χ0) is 14.7. The van der Waals surface area contributed by atoms with Gasteiger partial charge in [0.25, 0.3) is 0 Å². The monoisotopic (exact) mass is 305 g/mol. The van der Waals surface area contributed by atoms with Crippen molar-refractivity contribution in [3.8, 4) is 0 Å². The summed E-state index contributed by atoms with van der Waals surface area (Å²) in [6.07, 6.45) is 2.09. The van der Waals surface area contributed by atoms with Gasteiger partial charge in [-0.3, -0.25) is 0 Å². The van der Waals surface area contributed by atoms with Crippen LogP contribution in [0, 0.1) is 0 Å². The van der Waals surface area contributed by atoms with Crippen LogP contribution in [0.15, 0.2) is 36.5 Å². The highest BCUT2D eigenvalue weighted by Gasteiger charge is 2.28. The lowest BCUT2D eigenvalue weighted by Gasteiger charge is -2.11. The van der Waals surface area contributed by atoms with Crippen molar-refractivity contribution in [1.29, 1.82) is 0 Å². The molecule has 7 nitrogen and oxygen atoms in total. The van der Waals surface area contributed by atoms with Crippen LogP contribution >= 0.6 is 0 Å². The molecule has 8 heteroatoms. The summed E-state index contributed by atoms with van der Waals surface area (Å²) < 4.78 is 22.9. The summed E-state index contributed by atoms with van der Waals surface area (Å²) in [5.74, 6) is 1.21. The Morgan fingerprint density at radius 3 is 2.71 bits per heavy atom. The summed E-state index contributed by atoms with van der Waals surface area (Å²) in [5, 5.41) is 13.9. The second-order valence-corrected chi connectivity index (χ2v) is 7.13. The largest absolute Gasteiger partial charge is 0.349 e. The summed E-state index contributed by atoms with van der Waals surface area (Å²) in [6, 6.07) is 9.44. The van der Waals surface area contributed by atoms with E-state index < -0.39 is 9.84 Å². The summed E-state index contributed by atoms with van der Waals surface area (Å²) in [6.45, 7) is 0. The average Bonchev–Trinajstić information content (AvgIpc) is 2.79. The van der Waals surface area contributed by atoms with Gasteiger partial charge in [-0.2, -0.15) is 10.1 Å². The number of para-hydroxylation sites is 1. The fourth-order valence-corrected chi connectivity index (χ4v) is 3.86. The lowest BCUT2D eigenvalue weighted by atomic mass is 10.3. The van der Waals surface area contributed by atoms with E-state index in [1.807, 2.05) is 30.3 Å². The Balaban J connectivity index is 1.69. The van der Waals surface area contributed by atoms with Gasteiger partial charge in [0.15, 0.2) is 15.7 Å². The SMILES string of the molecule is O=S1(=O)CCC(Nc2nncc(Nc3ccccc3)n2)C1. The van der Waals surface area contributed by atoms with Crippen molar-refractivity contribution in [1.82, 2.24) is 15.2 Å². The maximum atomic E-state index is 11.4. The molecule has 1 saturated heterocycles. The average molecular weight is 305 g/mol. The van der Waals surface area contributed by atoms with E-state index in [-0.39, 0.29) is 17.5 Å². The number of nitrogens with one attached hydrogen (secondary N) is 2. The summed E-state index contributed by atoms with van der Waals surface area (Å²) in [4.78, 5) is 4.29. The fourth-order valence-electron chi connectivity index (χ4n) is 2.19. The number of hydrogen-bond donors (Lipinski definition) is 2. The highest BCUT2D eigenvalue weighted by molar-refractivity contribution is 7.91. The van der Waals surface area contributed by atoms with E-state index in [4.69, 9.17) is 0 Å². The first-order valence-electron chi connectivity index (χ1n) is 6.59. The van der Waals surface area contributed by atoms with Crippen LogP contribution in [-0.2, 0) is 9.84 Å². The molecule has 1 atom stereocenters. The van der Waals surface area contributed by atoms with Crippen molar-refractivity contribution in [2.45, 2.75) is 12.5 Å². The maximum Gasteiger partial charge on any atom is 0.244 e. The van der Waals surface area contributed by atoms with Crippen LogP contribution in [0.2, 0.25) is 0 Å². The number of rotatable bonds is 4. The van der Waals surface area contributed by atoms with Crippen molar-refractivity contribution in [2.75, 3.05) is 22.1 Å². The molecular formula is C13H15N5O2S. The molecule has 0 radical (unpaired) electrons. The van der Waals surface area contributed by atoms with E-state index in [1.54, 1.807) is 0 Å². The van der Waals surface area contributed by atoms with Crippen LogP contribution in [0.3, 0.4) is 0 Å². The molecule has 0 spiro atoms. The first-order chi connectivity index (χ1) is 10.1. The molecular weight excluding hydrogens is 290 g/mol. The Labute approximate surface area is 122 Å². The van der Waals surface area contributed by atoms with Gasteiger partial charge in [0.2, 0.25) is 5.95 Å². The first-order valence-corrected chi connectivity index (χ1v) is 8.42. The van der Waals surface area contributed by atoms with Crippen LogP contribution in [0.25, 0.3) is 0 Å². The Kier molecular flexibility index (Phi) is 3.70. The number of aromatic nitrogens is 3. The highest BCUT2D eigenvalue weighted by Crippen LogP contribution is 2.17. The van der Waals surface area contributed by atoms with Gasteiger partial charge < -0.3 is 10.6 Å². The Bertz CT molecular complexity index is 720. The molecule has 1 unspecified atom stereocenters. The molecule has 1 aliphatic heterocycles. The Morgan fingerprint density at radius 1 is 1.19 bits per heavy atom. The quantitative estimate of drug-likeness (QED) is 0.876. The predicted molar refractivity (Wildman–Crippen MR) is 80.2 cm³/mol. The number of nitrogens with zero attached hydrogens (tertiary/aromatic N) is 3. The molecule has 2 heterocycles. The minimum atomic E-state index is -2.93. The van der Waals surface area contributed by atoms with Crippen LogP contribution in [-0.4, -0.2) is 41.1 Å². The minimum absolute atomic E-state index is 0.118.